The zero-order valence-electron chi connectivity index (χ0n) is 13.1. The van der Waals surface area contributed by atoms with E-state index >= 15 is 0 Å². The van der Waals surface area contributed by atoms with Gasteiger partial charge in [0.1, 0.15) is 5.52 Å². The third-order valence-electron chi connectivity index (χ3n) is 4.03. The fraction of sp³-hybridized carbons (Fsp3) is 0.294. The minimum atomic E-state index is -0.239. The van der Waals surface area contributed by atoms with Crippen LogP contribution < -0.4 is 4.90 Å². The lowest BCUT2D eigenvalue weighted by Gasteiger charge is -2.22. The third-order valence-corrected chi connectivity index (χ3v) is 5.80. The fourth-order valence-electron chi connectivity index (χ4n) is 2.82. The van der Waals surface area contributed by atoms with Gasteiger partial charge in [-0.1, -0.05) is 29.0 Å². The molecule has 1 amide bonds. The van der Waals surface area contributed by atoms with Gasteiger partial charge in [-0.25, -0.2) is 4.98 Å². The summed E-state index contributed by atoms with van der Waals surface area (Å²) in [4.78, 5) is 19.2. The molecule has 8 heteroatoms. The Hall–Kier alpha value is -1.41. The highest BCUT2D eigenvalue weighted by Gasteiger charge is 2.28. The number of fused-ring (bicyclic) bond motifs is 1. The van der Waals surface area contributed by atoms with Crippen molar-refractivity contribution in [1.82, 2.24) is 4.98 Å². The summed E-state index contributed by atoms with van der Waals surface area (Å²) in [6.45, 7) is 1.17. The largest absolute Gasteiger partial charge is 0.444 e. The average molecular weight is 442 g/mol. The summed E-state index contributed by atoms with van der Waals surface area (Å²) in [5.74, 6) is 0.0200. The number of amides is 1. The van der Waals surface area contributed by atoms with Crippen LogP contribution in [0.5, 0.6) is 0 Å². The number of carbonyl (C=O) groups is 1. The zero-order chi connectivity index (χ0) is 17.4. The van der Waals surface area contributed by atoms with Crippen LogP contribution >= 0.6 is 38.9 Å². The second-order valence-corrected chi connectivity index (χ2v) is 7.94. The molecule has 1 aliphatic heterocycles. The Balaban J connectivity index is 1.72. The maximum absolute atomic E-state index is 13.0. The predicted octanol–water partition coefficient (Wildman–Crippen LogP) is 5.13. The van der Waals surface area contributed by atoms with E-state index in [-0.39, 0.29) is 17.8 Å². The number of furan rings is 1. The van der Waals surface area contributed by atoms with Crippen molar-refractivity contribution >= 4 is 60.1 Å². The Morgan fingerprint density at radius 1 is 1.40 bits per heavy atom. The highest BCUT2D eigenvalue weighted by molar-refractivity contribution is 9.10. The van der Waals surface area contributed by atoms with E-state index in [4.69, 9.17) is 20.8 Å². The lowest BCUT2D eigenvalue weighted by atomic mass is 10.2. The SMILES string of the molecule is O=C(c1ccc(Br)o1)N(CC1CCCO1)c1nc2c(Cl)cccc2s1. The van der Waals surface area contributed by atoms with Gasteiger partial charge in [0.15, 0.2) is 15.6 Å². The van der Waals surface area contributed by atoms with Crippen LogP contribution in [-0.2, 0) is 4.74 Å². The molecule has 0 saturated carbocycles. The van der Waals surface area contributed by atoms with E-state index in [1.807, 2.05) is 12.1 Å². The number of benzene rings is 1. The van der Waals surface area contributed by atoms with E-state index < -0.39 is 0 Å². The molecule has 4 rings (SSSR count). The first-order valence-corrected chi connectivity index (χ1v) is 9.84. The second kappa shape index (κ2) is 7.07. The molecular weight excluding hydrogens is 428 g/mol. The lowest BCUT2D eigenvalue weighted by Crippen LogP contribution is -2.37. The highest BCUT2D eigenvalue weighted by Crippen LogP contribution is 2.34. The maximum atomic E-state index is 13.0. The quantitative estimate of drug-likeness (QED) is 0.563. The average Bonchev–Trinajstić information content (AvgIpc) is 3.32. The van der Waals surface area contributed by atoms with Crippen LogP contribution in [0.3, 0.4) is 0 Å². The van der Waals surface area contributed by atoms with E-state index in [1.54, 1.807) is 23.1 Å². The number of thiazole rings is 1. The van der Waals surface area contributed by atoms with Gasteiger partial charge in [0.2, 0.25) is 0 Å². The van der Waals surface area contributed by atoms with Crippen molar-refractivity contribution < 1.29 is 13.9 Å². The van der Waals surface area contributed by atoms with Crippen LogP contribution in [0.15, 0.2) is 39.4 Å². The maximum Gasteiger partial charge on any atom is 0.295 e. The lowest BCUT2D eigenvalue weighted by molar-refractivity contribution is 0.0894. The Kier molecular flexibility index (Phi) is 4.82. The fourth-order valence-corrected chi connectivity index (χ4v) is 4.40. The molecule has 25 heavy (non-hydrogen) atoms. The first kappa shape index (κ1) is 17.0. The smallest absolute Gasteiger partial charge is 0.295 e. The van der Waals surface area contributed by atoms with Gasteiger partial charge < -0.3 is 9.15 Å². The molecule has 3 heterocycles. The van der Waals surface area contributed by atoms with Gasteiger partial charge in [-0.3, -0.25) is 9.69 Å². The summed E-state index contributed by atoms with van der Waals surface area (Å²) in [7, 11) is 0. The van der Waals surface area contributed by atoms with Crippen LogP contribution in [0.1, 0.15) is 23.4 Å². The Labute approximate surface area is 161 Å². The highest BCUT2D eigenvalue weighted by atomic mass is 79.9. The van der Waals surface area contributed by atoms with Gasteiger partial charge in [-0.05, 0) is 53.0 Å². The number of hydrogen-bond acceptors (Lipinski definition) is 5. The molecule has 130 valence electrons. The second-order valence-electron chi connectivity index (χ2n) is 5.74. The number of rotatable bonds is 4. The van der Waals surface area contributed by atoms with Crippen molar-refractivity contribution in [2.24, 2.45) is 0 Å². The Morgan fingerprint density at radius 2 is 2.28 bits per heavy atom. The minimum absolute atomic E-state index is 0.00448. The molecule has 1 saturated heterocycles. The van der Waals surface area contributed by atoms with Gasteiger partial charge in [-0.2, -0.15) is 0 Å². The number of anilines is 1. The summed E-state index contributed by atoms with van der Waals surface area (Å²) in [5, 5.41) is 1.17. The number of para-hydroxylation sites is 1. The molecule has 3 aromatic rings. The summed E-state index contributed by atoms with van der Waals surface area (Å²) < 4.78 is 12.6. The molecule has 0 spiro atoms. The van der Waals surface area contributed by atoms with Crippen LogP contribution in [0.2, 0.25) is 5.02 Å². The van der Waals surface area contributed by atoms with Crippen LogP contribution in [0.4, 0.5) is 5.13 Å². The van der Waals surface area contributed by atoms with Crippen molar-refractivity contribution in [2.75, 3.05) is 18.1 Å². The number of ether oxygens (including phenoxy) is 1. The number of halogens is 2. The molecule has 0 N–H and O–H groups in total. The molecule has 1 atom stereocenters. The molecule has 1 aromatic carbocycles. The normalized spacial score (nSPS) is 17.3. The monoisotopic (exact) mass is 440 g/mol. The minimum Gasteiger partial charge on any atom is -0.444 e. The molecule has 5 nitrogen and oxygen atoms in total. The molecule has 0 bridgehead atoms. The molecular formula is C17H14BrClN2O3S. The van der Waals surface area contributed by atoms with Gasteiger partial charge in [-0.15, -0.1) is 0 Å². The molecule has 2 aromatic heterocycles. The number of carbonyl (C=O) groups excluding carboxylic acids is 1. The summed E-state index contributed by atoms with van der Waals surface area (Å²) in [5.41, 5.74) is 0.704. The van der Waals surface area contributed by atoms with Gasteiger partial charge in [0.05, 0.1) is 22.4 Å². The summed E-state index contributed by atoms with van der Waals surface area (Å²) in [6, 6.07) is 8.97. The van der Waals surface area contributed by atoms with Crippen LogP contribution in [0, 0.1) is 0 Å². The van der Waals surface area contributed by atoms with Crippen molar-refractivity contribution in [3.05, 3.63) is 45.8 Å². The summed E-state index contributed by atoms with van der Waals surface area (Å²) in [6.07, 6.45) is 1.94. The van der Waals surface area contributed by atoms with E-state index in [2.05, 4.69) is 20.9 Å². The molecule has 0 radical (unpaired) electrons. The van der Waals surface area contributed by atoms with Crippen molar-refractivity contribution in [3.8, 4) is 0 Å². The van der Waals surface area contributed by atoms with Crippen LogP contribution in [-0.4, -0.2) is 30.1 Å². The third kappa shape index (κ3) is 3.46. The van der Waals surface area contributed by atoms with E-state index in [9.17, 15) is 4.79 Å². The first-order chi connectivity index (χ1) is 12.1. The Bertz CT molecular complexity index is 920. The number of hydrogen-bond donors (Lipinski definition) is 0. The van der Waals surface area contributed by atoms with Gasteiger partial charge in [0, 0.05) is 6.61 Å². The standard InChI is InChI=1S/C17H14BrClN2O3S/c18-14-7-6-12(24-14)16(22)21(9-10-3-2-8-23-10)17-20-15-11(19)4-1-5-13(15)25-17/h1,4-7,10H,2-3,8-9H2. The number of aromatic nitrogens is 1. The van der Waals surface area contributed by atoms with Gasteiger partial charge >= 0.3 is 0 Å². The topological polar surface area (TPSA) is 55.6 Å². The predicted molar refractivity (Wildman–Crippen MR) is 102 cm³/mol. The Morgan fingerprint density at radius 3 is 2.96 bits per heavy atom. The van der Waals surface area contributed by atoms with Crippen molar-refractivity contribution in [1.29, 1.82) is 0 Å². The van der Waals surface area contributed by atoms with Crippen LogP contribution in [0.25, 0.3) is 10.2 Å². The molecule has 1 unspecified atom stereocenters. The first-order valence-electron chi connectivity index (χ1n) is 7.85. The van der Waals surface area contributed by atoms with Gasteiger partial charge in [0.25, 0.3) is 5.91 Å². The van der Waals surface area contributed by atoms with E-state index in [0.29, 0.717) is 26.9 Å². The van der Waals surface area contributed by atoms with E-state index in [0.717, 1.165) is 24.1 Å². The number of nitrogens with zero attached hydrogens (tertiary/aromatic N) is 2. The van der Waals surface area contributed by atoms with E-state index in [1.165, 1.54) is 11.3 Å². The van der Waals surface area contributed by atoms with Crippen molar-refractivity contribution in [3.63, 3.8) is 0 Å². The molecule has 0 aliphatic carbocycles. The molecule has 1 fully saturated rings. The zero-order valence-corrected chi connectivity index (χ0v) is 16.2. The van der Waals surface area contributed by atoms with Crippen molar-refractivity contribution in [2.45, 2.75) is 18.9 Å². The summed E-state index contributed by atoms with van der Waals surface area (Å²) >= 11 is 10.9. The molecule has 1 aliphatic rings.